The van der Waals surface area contributed by atoms with E-state index in [0.29, 0.717) is 13.0 Å². The van der Waals surface area contributed by atoms with Gasteiger partial charge in [-0.25, -0.2) is 0 Å². The number of carbonyl (C=O) groups is 1. The highest BCUT2D eigenvalue weighted by Gasteiger charge is 2.25. The zero-order valence-electron chi connectivity index (χ0n) is 12.6. The van der Waals surface area contributed by atoms with Crippen LogP contribution in [0.3, 0.4) is 0 Å². The standard InChI is InChI=1S/C17H25NO2/c1-3-20-17(19)13-16(18-10-5-4-6-11-18)15-9-7-8-14(2)12-15/h7-9,12,16H,3-6,10-11,13H2,1-2H3. The van der Waals surface area contributed by atoms with Crippen LogP contribution in [0.25, 0.3) is 0 Å². The second kappa shape index (κ2) is 7.44. The number of piperidine rings is 1. The Morgan fingerprint density at radius 2 is 2.05 bits per heavy atom. The van der Waals surface area contributed by atoms with Gasteiger partial charge in [-0.2, -0.15) is 0 Å². The minimum atomic E-state index is -0.0930. The number of hydrogen-bond donors (Lipinski definition) is 0. The van der Waals surface area contributed by atoms with Gasteiger partial charge in [-0.15, -0.1) is 0 Å². The first-order valence-corrected chi connectivity index (χ1v) is 7.67. The molecule has 0 radical (unpaired) electrons. The smallest absolute Gasteiger partial charge is 0.307 e. The summed E-state index contributed by atoms with van der Waals surface area (Å²) in [6.45, 7) is 6.58. The van der Waals surface area contributed by atoms with Crippen LogP contribution in [0.1, 0.15) is 49.8 Å². The fourth-order valence-corrected chi connectivity index (χ4v) is 2.94. The topological polar surface area (TPSA) is 29.5 Å². The van der Waals surface area contributed by atoms with Crippen molar-refractivity contribution in [2.75, 3.05) is 19.7 Å². The first-order valence-electron chi connectivity index (χ1n) is 7.67. The lowest BCUT2D eigenvalue weighted by Gasteiger charge is -2.34. The quantitative estimate of drug-likeness (QED) is 0.771. The van der Waals surface area contributed by atoms with Crippen molar-refractivity contribution in [3.63, 3.8) is 0 Å². The van der Waals surface area contributed by atoms with Crippen molar-refractivity contribution >= 4 is 5.97 Å². The molecule has 0 N–H and O–H groups in total. The molecule has 0 saturated carbocycles. The molecule has 0 aromatic heterocycles. The number of hydrogen-bond acceptors (Lipinski definition) is 3. The van der Waals surface area contributed by atoms with Gasteiger partial charge in [-0.3, -0.25) is 9.69 Å². The van der Waals surface area contributed by atoms with E-state index in [9.17, 15) is 4.79 Å². The van der Waals surface area contributed by atoms with Gasteiger partial charge in [0.15, 0.2) is 0 Å². The van der Waals surface area contributed by atoms with Crippen LogP contribution in [-0.2, 0) is 9.53 Å². The molecule has 0 bridgehead atoms. The molecular weight excluding hydrogens is 250 g/mol. The van der Waals surface area contributed by atoms with E-state index in [1.54, 1.807) is 0 Å². The Hall–Kier alpha value is -1.35. The highest BCUT2D eigenvalue weighted by atomic mass is 16.5. The molecule has 0 amide bonds. The van der Waals surface area contributed by atoms with Crippen molar-refractivity contribution in [1.29, 1.82) is 0 Å². The maximum atomic E-state index is 11.9. The first-order chi connectivity index (χ1) is 9.70. The van der Waals surface area contributed by atoms with Gasteiger partial charge in [0.2, 0.25) is 0 Å². The molecule has 1 heterocycles. The summed E-state index contributed by atoms with van der Waals surface area (Å²) in [5.41, 5.74) is 2.48. The van der Waals surface area contributed by atoms with Crippen LogP contribution in [0.4, 0.5) is 0 Å². The second-order valence-corrected chi connectivity index (χ2v) is 5.54. The second-order valence-electron chi connectivity index (χ2n) is 5.54. The molecule has 1 atom stereocenters. The number of esters is 1. The van der Waals surface area contributed by atoms with E-state index in [0.717, 1.165) is 13.1 Å². The lowest BCUT2D eigenvalue weighted by Crippen LogP contribution is -2.35. The molecule has 1 aromatic rings. The summed E-state index contributed by atoms with van der Waals surface area (Å²) in [7, 11) is 0. The van der Waals surface area contributed by atoms with Crippen molar-refractivity contribution in [1.82, 2.24) is 4.90 Å². The third-order valence-corrected chi connectivity index (χ3v) is 3.92. The molecule has 2 rings (SSSR count). The summed E-state index contributed by atoms with van der Waals surface area (Å²) in [6, 6.07) is 8.66. The van der Waals surface area contributed by atoms with Crippen LogP contribution in [0.15, 0.2) is 24.3 Å². The van der Waals surface area contributed by atoms with Gasteiger partial charge in [0, 0.05) is 6.04 Å². The first kappa shape index (κ1) is 15.0. The molecule has 1 saturated heterocycles. The number of carbonyl (C=O) groups excluding carboxylic acids is 1. The van der Waals surface area contributed by atoms with Crippen LogP contribution < -0.4 is 0 Å². The minimum Gasteiger partial charge on any atom is -0.466 e. The summed E-state index contributed by atoms with van der Waals surface area (Å²) in [6.07, 6.45) is 4.21. The lowest BCUT2D eigenvalue weighted by molar-refractivity contribution is -0.144. The van der Waals surface area contributed by atoms with E-state index < -0.39 is 0 Å². The van der Waals surface area contributed by atoms with E-state index in [-0.39, 0.29) is 12.0 Å². The molecule has 0 aliphatic carbocycles. The van der Waals surface area contributed by atoms with Gasteiger partial charge < -0.3 is 4.74 Å². The molecule has 0 spiro atoms. The van der Waals surface area contributed by atoms with Crippen molar-refractivity contribution < 1.29 is 9.53 Å². The van der Waals surface area contributed by atoms with Crippen LogP contribution in [0.5, 0.6) is 0 Å². The fraction of sp³-hybridized carbons (Fsp3) is 0.588. The Morgan fingerprint density at radius 3 is 2.70 bits per heavy atom. The minimum absolute atomic E-state index is 0.0930. The molecule has 1 aromatic carbocycles. The maximum Gasteiger partial charge on any atom is 0.307 e. The van der Waals surface area contributed by atoms with Gasteiger partial charge >= 0.3 is 5.97 Å². The molecule has 1 fully saturated rings. The van der Waals surface area contributed by atoms with Crippen LogP contribution >= 0.6 is 0 Å². The number of rotatable bonds is 5. The Morgan fingerprint density at radius 1 is 1.30 bits per heavy atom. The SMILES string of the molecule is CCOC(=O)CC(c1cccc(C)c1)N1CCCCC1. The van der Waals surface area contributed by atoms with Crippen LogP contribution in [0.2, 0.25) is 0 Å². The van der Waals surface area contributed by atoms with Gasteiger partial charge in [0.1, 0.15) is 0 Å². The predicted molar refractivity (Wildman–Crippen MR) is 80.6 cm³/mol. The van der Waals surface area contributed by atoms with Crippen LogP contribution in [-0.4, -0.2) is 30.6 Å². The summed E-state index contributed by atoms with van der Waals surface area (Å²) < 4.78 is 5.15. The summed E-state index contributed by atoms with van der Waals surface area (Å²) in [5.74, 6) is -0.0930. The third kappa shape index (κ3) is 4.07. The summed E-state index contributed by atoms with van der Waals surface area (Å²) >= 11 is 0. The van der Waals surface area contributed by atoms with Crippen molar-refractivity contribution in [3.8, 4) is 0 Å². The molecular formula is C17H25NO2. The number of benzene rings is 1. The van der Waals surface area contributed by atoms with Gasteiger partial charge in [0.05, 0.1) is 13.0 Å². The van der Waals surface area contributed by atoms with Gasteiger partial charge in [-0.05, 0) is 45.3 Å². The Labute approximate surface area is 121 Å². The average molecular weight is 275 g/mol. The average Bonchev–Trinajstić information content (AvgIpc) is 2.46. The molecule has 110 valence electrons. The summed E-state index contributed by atoms with van der Waals surface area (Å²) in [5, 5.41) is 0. The number of aryl methyl sites for hydroxylation is 1. The van der Waals surface area contributed by atoms with E-state index in [1.165, 1.54) is 30.4 Å². The highest BCUT2D eigenvalue weighted by molar-refractivity contribution is 5.70. The van der Waals surface area contributed by atoms with E-state index >= 15 is 0 Å². The number of nitrogens with zero attached hydrogens (tertiary/aromatic N) is 1. The molecule has 1 aliphatic heterocycles. The fourth-order valence-electron chi connectivity index (χ4n) is 2.94. The monoisotopic (exact) mass is 275 g/mol. The van der Waals surface area contributed by atoms with Crippen molar-refractivity contribution in [2.24, 2.45) is 0 Å². The summed E-state index contributed by atoms with van der Waals surface area (Å²) in [4.78, 5) is 14.3. The predicted octanol–water partition coefficient (Wildman–Crippen LogP) is 3.48. The molecule has 1 unspecified atom stereocenters. The van der Waals surface area contributed by atoms with Crippen molar-refractivity contribution in [3.05, 3.63) is 35.4 Å². The third-order valence-electron chi connectivity index (χ3n) is 3.92. The Kier molecular flexibility index (Phi) is 5.60. The normalized spacial score (nSPS) is 17.7. The molecule has 3 heteroatoms. The van der Waals surface area contributed by atoms with Crippen molar-refractivity contribution in [2.45, 2.75) is 45.6 Å². The van der Waals surface area contributed by atoms with E-state index in [1.807, 2.05) is 6.92 Å². The maximum absolute atomic E-state index is 11.9. The number of ether oxygens (including phenoxy) is 1. The van der Waals surface area contributed by atoms with Crippen LogP contribution in [0, 0.1) is 6.92 Å². The van der Waals surface area contributed by atoms with Gasteiger partial charge in [0.25, 0.3) is 0 Å². The van der Waals surface area contributed by atoms with E-state index in [4.69, 9.17) is 4.74 Å². The van der Waals surface area contributed by atoms with Gasteiger partial charge in [-0.1, -0.05) is 36.2 Å². The largest absolute Gasteiger partial charge is 0.466 e. The Balaban J connectivity index is 2.16. The molecule has 3 nitrogen and oxygen atoms in total. The molecule has 1 aliphatic rings. The molecule has 20 heavy (non-hydrogen) atoms. The van der Waals surface area contributed by atoms with E-state index in [2.05, 4.69) is 36.1 Å². The lowest BCUT2D eigenvalue weighted by atomic mass is 9.97. The Bertz CT molecular complexity index is 438. The number of likely N-dealkylation sites (tertiary alicyclic amines) is 1. The highest BCUT2D eigenvalue weighted by Crippen LogP contribution is 2.28. The zero-order valence-corrected chi connectivity index (χ0v) is 12.6. The zero-order chi connectivity index (χ0) is 14.4.